The number of esters is 1. The molecule has 0 aliphatic rings. The van der Waals surface area contributed by atoms with E-state index in [1.54, 1.807) is 11.8 Å². The minimum Gasteiger partial charge on any atom is -0.465 e. The van der Waals surface area contributed by atoms with E-state index >= 15 is 0 Å². The molecule has 3 heteroatoms. The Hall–Kier alpha value is -2.00. The average Bonchev–Trinajstić information content (AvgIpc) is 2.66. The molecule has 0 aliphatic heterocycles. The van der Waals surface area contributed by atoms with E-state index in [4.69, 9.17) is 4.74 Å². The van der Waals surface area contributed by atoms with Crippen molar-refractivity contribution < 1.29 is 9.53 Å². The molecule has 25 heavy (non-hydrogen) atoms. The van der Waals surface area contributed by atoms with Crippen LogP contribution in [0.15, 0.2) is 58.8 Å². The average molecular weight is 355 g/mol. The second kappa shape index (κ2) is 9.47. The zero-order valence-corrected chi connectivity index (χ0v) is 16.1. The number of benzene rings is 2. The third kappa shape index (κ3) is 4.99. The molecule has 2 nitrogen and oxygen atoms in total. The maximum absolute atomic E-state index is 11.8. The Labute approximate surface area is 155 Å². The molecule has 2 rings (SSSR count). The Morgan fingerprint density at radius 2 is 1.88 bits per heavy atom. The molecule has 0 heterocycles. The van der Waals surface area contributed by atoms with Crippen molar-refractivity contribution in [2.75, 3.05) is 7.11 Å². The third-order valence-electron chi connectivity index (χ3n) is 4.18. The number of carbonyl (C=O) groups excluding carboxylic acids is 1. The normalized spacial score (nSPS) is 10.5. The number of ether oxygens (including phenoxy) is 1. The molecule has 0 aliphatic carbocycles. The molecule has 2 aromatic carbocycles. The van der Waals surface area contributed by atoms with Crippen LogP contribution in [0.5, 0.6) is 0 Å². The summed E-state index contributed by atoms with van der Waals surface area (Å²) in [6, 6.07) is 14.2. The molecule has 0 unspecified atom stereocenters. The third-order valence-corrected chi connectivity index (χ3v) is 5.38. The van der Waals surface area contributed by atoms with Gasteiger partial charge in [-0.1, -0.05) is 56.8 Å². The molecule has 0 bridgehead atoms. The highest BCUT2D eigenvalue weighted by Crippen LogP contribution is 2.36. The molecule has 0 N–H and O–H groups in total. The highest BCUT2D eigenvalue weighted by molar-refractivity contribution is 7.99. The number of hydrogen-bond acceptors (Lipinski definition) is 3. The molecular weight excluding hydrogens is 328 g/mol. The second-order valence-corrected chi connectivity index (χ2v) is 7.06. The summed E-state index contributed by atoms with van der Waals surface area (Å²) in [6.45, 7) is 8.58. The van der Waals surface area contributed by atoms with Gasteiger partial charge in [-0.3, -0.25) is 0 Å². The van der Waals surface area contributed by atoms with Crippen LogP contribution < -0.4 is 0 Å². The van der Waals surface area contributed by atoms with E-state index in [9.17, 15) is 4.79 Å². The topological polar surface area (TPSA) is 26.3 Å². The van der Waals surface area contributed by atoms with Crippen molar-refractivity contribution >= 4 is 23.3 Å². The van der Waals surface area contributed by atoms with Crippen molar-refractivity contribution in [3.8, 4) is 0 Å². The van der Waals surface area contributed by atoms with Crippen LogP contribution in [0.25, 0.3) is 5.57 Å². The van der Waals surface area contributed by atoms with Crippen LogP contribution in [0, 0.1) is 0 Å². The first-order valence-electron chi connectivity index (χ1n) is 8.77. The van der Waals surface area contributed by atoms with E-state index in [0.717, 1.165) is 24.8 Å². The van der Waals surface area contributed by atoms with Gasteiger partial charge in [-0.05, 0) is 60.2 Å². The summed E-state index contributed by atoms with van der Waals surface area (Å²) >= 11 is 1.74. The van der Waals surface area contributed by atoms with Crippen molar-refractivity contribution in [3.05, 3.63) is 65.7 Å². The molecule has 132 valence electrons. The molecule has 2 aromatic rings. The fourth-order valence-electron chi connectivity index (χ4n) is 2.69. The number of carbonyl (C=O) groups is 1. The lowest BCUT2D eigenvalue weighted by molar-refractivity contribution is 0.0600. The van der Waals surface area contributed by atoms with Crippen LogP contribution >= 0.6 is 11.8 Å². The maximum atomic E-state index is 11.8. The van der Waals surface area contributed by atoms with Gasteiger partial charge in [-0.15, -0.1) is 0 Å². The number of hydrogen-bond donors (Lipinski definition) is 0. The van der Waals surface area contributed by atoms with E-state index in [2.05, 4.69) is 44.7 Å². The van der Waals surface area contributed by atoms with Crippen LogP contribution in [0.2, 0.25) is 0 Å². The summed E-state index contributed by atoms with van der Waals surface area (Å²) in [5.74, 6) is -0.292. The minimum atomic E-state index is -0.292. The van der Waals surface area contributed by atoms with Gasteiger partial charge in [0, 0.05) is 9.79 Å². The first kappa shape index (κ1) is 19.3. The van der Waals surface area contributed by atoms with Crippen LogP contribution in [0.4, 0.5) is 0 Å². The van der Waals surface area contributed by atoms with Crippen molar-refractivity contribution in [3.63, 3.8) is 0 Å². The van der Waals surface area contributed by atoms with Crippen LogP contribution in [0.1, 0.15) is 54.6 Å². The van der Waals surface area contributed by atoms with Crippen molar-refractivity contribution in [1.82, 2.24) is 0 Å². The fourth-order valence-corrected chi connectivity index (χ4v) is 3.87. The fraction of sp³-hybridized carbons (Fsp3) is 0.318. The summed E-state index contributed by atoms with van der Waals surface area (Å²) in [7, 11) is 1.41. The lowest BCUT2D eigenvalue weighted by atomic mass is 10.0. The zero-order chi connectivity index (χ0) is 18.2. The predicted octanol–water partition coefficient (Wildman–Crippen LogP) is 6.39. The molecule has 0 aromatic heterocycles. The summed E-state index contributed by atoms with van der Waals surface area (Å²) in [6.07, 6.45) is 4.22. The second-order valence-electron chi connectivity index (χ2n) is 5.97. The highest BCUT2D eigenvalue weighted by Gasteiger charge is 2.12. The number of allylic oxidation sites excluding steroid dienone is 1. The summed E-state index contributed by atoms with van der Waals surface area (Å²) in [4.78, 5) is 14.1. The number of aryl methyl sites for hydroxylation is 1. The van der Waals surface area contributed by atoms with E-state index in [0.29, 0.717) is 5.56 Å². The van der Waals surface area contributed by atoms with Crippen molar-refractivity contribution in [1.29, 1.82) is 0 Å². The molecule has 0 spiro atoms. The lowest BCUT2D eigenvalue weighted by Gasteiger charge is -2.14. The molecule has 0 fully saturated rings. The van der Waals surface area contributed by atoms with Crippen LogP contribution in [0.3, 0.4) is 0 Å². The molecular formula is C22H26O2S. The largest absolute Gasteiger partial charge is 0.465 e. The Bertz CT molecular complexity index is 749. The van der Waals surface area contributed by atoms with E-state index in [-0.39, 0.29) is 5.97 Å². The molecule has 0 saturated heterocycles. The standard InChI is InChI=1S/C22H26O2S/c1-5-7-10-16(3)19-11-8-9-12-21(19)25-20-14-13-18(22(23)24-4)15-17(20)6-2/h8-9,11-15H,3,5-7,10H2,1-2,4H3. The van der Waals surface area contributed by atoms with Gasteiger partial charge in [-0.25, -0.2) is 4.79 Å². The highest BCUT2D eigenvalue weighted by atomic mass is 32.2. The van der Waals surface area contributed by atoms with E-state index in [1.165, 1.54) is 34.5 Å². The van der Waals surface area contributed by atoms with Gasteiger partial charge in [0.1, 0.15) is 0 Å². The monoisotopic (exact) mass is 354 g/mol. The maximum Gasteiger partial charge on any atom is 0.337 e. The van der Waals surface area contributed by atoms with Crippen LogP contribution in [-0.4, -0.2) is 13.1 Å². The number of unbranched alkanes of at least 4 members (excludes halogenated alkanes) is 1. The Balaban J connectivity index is 2.31. The molecule has 0 amide bonds. The van der Waals surface area contributed by atoms with E-state index < -0.39 is 0 Å². The Morgan fingerprint density at radius 1 is 1.12 bits per heavy atom. The van der Waals surface area contributed by atoms with Crippen molar-refractivity contribution in [2.24, 2.45) is 0 Å². The van der Waals surface area contributed by atoms with Gasteiger partial charge >= 0.3 is 5.97 Å². The van der Waals surface area contributed by atoms with Gasteiger partial charge in [0.25, 0.3) is 0 Å². The first-order chi connectivity index (χ1) is 12.1. The minimum absolute atomic E-state index is 0.292. The smallest absolute Gasteiger partial charge is 0.337 e. The van der Waals surface area contributed by atoms with E-state index in [1.807, 2.05) is 18.2 Å². The molecule has 0 saturated carbocycles. The molecule has 0 atom stereocenters. The number of rotatable bonds is 8. The molecule has 0 radical (unpaired) electrons. The van der Waals surface area contributed by atoms with Crippen molar-refractivity contribution in [2.45, 2.75) is 49.3 Å². The lowest BCUT2D eigenvalue weighted by Crippen LogP contribution is -2.02. The first-order valence-corrected chi connectivity index (χ1v) is 9.58. The summed E-state index contributed by atoms with van der Waals surface area (Å²) in [5.41, 5.74) is 4.17. The quantitative estimate of drug-likeness (QED) is 0.514. The summed E-state index contributed by atoms with van der Waals surface area (Å²) in [5, 5.41) is 0. The van der Waals surface area contributed by atoms with Gasteiger partial charge < -0.3 is 4.74 Å². The Morgan fingerprint density at radius 3 is 2.56 bits per heavy atom. The van der Waals surface area contributed by atoms with Crippen LogP contribution in [-0.2, 0) is 11.2 Å². The zero-order valence-electron chi connectivity index (χ0n) is 15.3. The number of methoxy groups -OCH3 is 1. The van der Waals surface area contributed by atoms with Gasteiger partial charge in [0.15, 0.2) is 0 Å². The Kier molecular flexibility index (Phi) is 7.32. The van der Waals surface area contributed by atoms with Gasteiger partial charge in [0.2, 0.25) is 0 Å². The van der Waals surface area contributed by atoms with Gasteiger partial charge in [-0.2, -0.15) is 0 Å². The predicted molar refractivity (Wildman–Crippen MR) is 106 cm³/mol. The SMILES string of the molecule is C=C(CCCC)c1ccccc1Sc1ccc(C(=O)OC)cc1CC. The summed E-state index contributed by atoms with van der Waals surface area (Å²) < 4.78 is 4.82. The van der Waals surface area contributed by atoms with Gasteiger partial charge in [0.05, 0.1) is 12.7 Å².